The van der Waals surface area contributed by atoms with E-state index in [4.69, 9.17) is 5.73 Å². The maximum atomic E-state index is 13.2. The number of methoxy groups -OCH3 is 1. The minimum Gasteiger partial charge on any atom is -0.494 e. The fourth-order valence-corrected chi connectivity index (χ4v) is 2.22. The monoisotopic (exact) mass is 233 g/mol. The topological polar surface area (TPSA) is 69.4 Å². The molecule has 1 rings (SSSR count). The van der Waals surface area contributed by atoms with Gasteiger partial charge in [-0.15, -0.1) is 0 Å². The van der Waals surface area contributed by atoms with E-state index in [1.807, 2.05) is 0 Å². The van der Waals surface area contributed by atoms with Gasteiger partial charge in [0.15, 0.2) is 21.4 Å². The first-order chi connectivity index (χ1) is 7.01. The molecule has 0 unspecified atom stereocenters. The lowest BCUT2D eigenvalue weighted by Gasteiger charge is -2.05. The fourth-order valence-electron chi connectivity index (χ4n) is 1.11. The number of halogens is 1. The number of ether oxygens (including phenoxy) is 1. The maximum Gasteiger partial charge on any atom is 0.179 e. The van der Waals surface area contributed by atoms with Crippen LogP contribution in [0.2, 0.25) is 0 Å². The molecular weight excluding hydrogens is 221 g/mol. The van der Waals surface area contributed by atoms with Crippen LogP contribution >= 0.6 is 0 Å². The van der Waals surface area contributed by atoms with Crippen LogP contribution in [-0.2, 0) is 9.84 Å². The number of benzene rings is 1. The van der Waals surface area contributed by atoms with Gasteiger partial charge in [0.1, 0.15) is 0 Å². The van der Waals surface area contributed by atoms with E-state index in [1.165, 1.54) is 19.2 Å². The van der Waals surface area contributed by atoms with Gasteiger partial charge in [0.25, 0.3) is 0 Å². The SMILES string of the molecule is COc1ccc(S(=O)(=O)CCN)cc1F. The summed E-state index contributed by atoms with van der Waals surface area (Å²) in [5, 5.41) is 0. The van der Waals surface area contributed by atoms with Gasteiger partial charge in [-0.3, -0.25) is 0 Å². The van der Waals surface area contributed by atoms with Crippen molar-refractivity contribution in [3.63, 3.8) is 0 Å². The van der Waals surface area contributed by atoms with Crippen LogP contribution in [0.5, 0.6) is 5.75 Å². The second kappa shape index (κ2) is 4.59. The van der Waals surface area contributed by atoms with Crippen LogP contribution in [-0.4, -0.2) is 27.8 Å². The first-order valence-electron chi connectivity index (χ1n) is 4.27. The minimum atomic E-state index is -3.48. The number of hydrogen-bond donors (Lipinski definition) is 1. The van der Waals surface area contributed by atoms with Crippen molar-refractivity contribution in [2.45, 2.75) is 4.90 Å². The number of nitrogens with two attached hydrogens (primary N) is 1. The zero-order valence-electron chi connectivity index (χ0n) is 8.23. The highest BCUT2D eigenvalue weighted by molar-refractivity contribution is 7.91. The quantitative estimate of drug-likeness (QED) is 0.825. The Morgan fingerprint density at radius 1 is 1.47 bits per heavy atom. The van der Waals surface area contributed by atoms with E-state index in [-0.39, 0.29) is 22.9 Å². The van der Waals surface area contributed by atoms with Crippen molar-refractivity contribution in [3.8, 4) is 5.75 Å². The van der Waals surface area contributed by atoms with E-state index in [0.29, 0.717) is 0 Å². The van der Waals surface area contributed by atoms with Crippen LogP contribution < -0.4 is 10.5 Å². The molecular formula is C9H12FNO3S. The lowest BCUT2D eigenvalue weighted by Crippen LogP contribution is -2.15. The van der Waals surface area contributed by atoms with Crippen molar-refractivity contribution < 1.29 is 17.5 Å². The first-order valence-corrected chi connectivity index (χ1v) is 5.93. The largest absolute Gasteiger partial charge is 0.494 e. The van der Waals surface area contributed by atoms with Gasteiger partial charge in [-0.25, -0.2) is 12.8 Å². The molecule has 0 aliphatic rings. The summed E-state index contributed by atoms with van der Waals surface area (Å²) in [5.41, 5.74) is 5.15. The van der Waals surface area contributed by atoms with Crippen LogP contribution in [0.1, 0.15) is 0 Å². The summed E-state index contributed by atoms with van der Waals surface area (Å²) in [6, 6.07) is 3.51. The molecule has 0 aromatic heterocycles. The molecule has 0 radical (unpaired) electrons. The molecule has 2 N–H and O–H groups in total. The Kier molecular flexibility index (Phi) is 3.65. The van der Waals surface area contributed by atoms with Gasteiger partial charge in [0.05, 0.1) is 17.8 Å². The molecule has 1 aromatic carbocycles. The third-order valence-electron chi connectivity index (χ3n) is 1.87. The van der Waals surface area contributed by atoms with Crippen LogP contribution in [0.15, 0.2) is 23.1 Å². The third kappa shape index (κ3) is 2.66. The maximum absolute atomic E-state index is 13.2. The summed E-state index contributed by atoms with van der Waals surface area (Å²) in [5.74, 6) is -0.879. The van der Waals surface area contributed by atoms with Crippen molar-refractivity contribution in [2.75, 3.05) is 19.4 Å². The Morgan fingerprint density at radius 3 is 2.60 bits per heavy atom. The van der Waals surface area contributed by atoms with Crippen molar-refractivity contribution in [3.05, 3.63) is 24.0 Å². The van der Waals surface area contributed by atoms with E-state index >= 15 is 0 Å². The minimum absolute atomic E-state index is 0.00990. The summed E-state index contributed by atoms with van der Waals surface area (Å²) >= 11 is 0. The van der Waals surface area contributed by atoms with Gasteiger partial charge in [0.2, 0.25) is 0 Å². The van der Waals surface area contributed by atoms with Crippen LogP contribution in [0.3, 0.4) is 0 Å². The van der Waals surface area contributed by atoms with Gasteiger partial charge < -0.3 is 10.5 Å². The van der Waals surface area contributed by atoms with Crippen molar-refractivity contribution >= 4 is 9.84 Å². The Bertz CT molecular complexity index is 445. The first kappa shape index (κ1) is 11.9. The molecule has 0 spiro atoms. The molecule has 6 heteroatoms. The zero-order valence-corrected chi connectivity index (χ0v) is 9.05. The molecule has 1 aromatic rings. The summed E-state index contributed by atoms with van der Waals surface area (Å²) in [4.78, 5) is -0.0775. The summed E-state index contributed by atoms with van der Waals surface area (Å²) in [7, 11) is -2.17. The number of hydrogen-bond acceptors (Lipinski definition) is 4. The molecule has 0 amide bonds. The fraction of sp³-hybridized carbons (Fsp3) is 0.333. The normalized spacial score (nSPS) is 11.4. The Balaban J connectivity index is 3.13. The Labute approximate surface area is 87.8 Å². The average Bonchev–Trinajstić information content (AvgIpc) is 2.17. The Morgan fingerprint density at radius 2 is 2.13 bits per heavy atom. The summed E-state index contributed by atoms with van der Waals surface area (Å²) in [6.07, 6.45) is 0. The zero-order chi connectivity index (χ0) is 11.5. The van der Waals surface area contributed by atoms with Crippen molar-refractivity contribution in [1.29, 1.82) is 0 Å². The van der Waals surface area contributed by atoms with Crippen LogP contribution in [0, 0.1) is 5.82 Å². The van der Waals surface area contributed by atoms with Gasteiger partial charge in [-0.2, -0.15) is 0 Å². The van der Waals surface area contributed by atoms with Gasteiger partial charge in [-0.1, -0.05) is 0 Å². The molecule has 15 heavy (non-hydrogen) atoms. The predicted octanol–water partition coefficient (Wildman–Crippen LogP) is 0.567. The second-order valence-electron chi connectivity index (χ2n) is 2.90. The number of sulfone groups is 1. The van der Waals surface area contributed by atoms with E-state index < -0.39 is 15.7 Å². The standard InChI is InChI=1S/C9H12FNO3S/c1-14-9-3-2-7(6-8(9)10)15(12,13)5-4-11/h2-3,6H,4-5,11H2,1H3. The van der Waals surface area contributed by atoms with E-state index in [9.17, 15) is 12.8 Å². The molecule has 0 aliphatic carbocycles. The lowest BCUT2D eigenvalue weighted by molar-refractivity contribution is 0.385. The van der Waals surface area contributed by atoms with E-state index in [1.54, 1.807) is 0 Å². The predicted molar refractivity (Wildman–Crippen MR) is 54.1 cm³/mol. The highest BCUT2D eigenvalue weighted by atomic mass is 32.2. The van der Waals surface area contributed by atoms with Crippen molar-refractivity contribution in [2.24, 2.45) is 5.73 Å². The van der Waals surface area contributed by atoms with E-state index in [2.05, 4.69) is 4.74 Å². The van der Waals surface area contributed by atoms with Crippen molar-refractivity contribution in [1.82, 2.24) is 0 Å². The molecule has 0 bridgehead atoms. The molecule has 0 saturated heterocycles. The highest BCUT2D eigenvalue weighted by Gasteiger charge is 2.15. The molecule has 0 fully saturated rings. The second-order valence-corrected chi connectivity index (χ2v) is 5.01. The molecule has 0 saturated carbocycles. The number of rotatable bonds is 4. The lowest BCUT2D eigenvalue weighted by atomic mass is 10.3. The Hall–Kier alpha value is -1.14. The van der Waals surface area contributed by atoms with Crippen LogP contribution in [0.4, 0.5) is 4.39 Å². The van der Waals surface area contributed by atoms with Crippen LogP contribution in [0.25, 0.3) is 0 Å². The van der Waals surface area contributed by atoms with Gasteiger partial charge in [-0.05, 0) is 18.2 Å². The highest BCUT2D eigenvalue weighted by Crippen LogP contribution is 2.21. The average molecular weight is 233 g/mol. The molecule has 4 nitrogen and oxygen atoms in total. The third-order valence-corrected chi connectivity index (χ3v) is 3.61. The molecule has 0 aliphatic heterocycles. The molecule has 0 heterocycles. The van der Waals surface area contributed by atoms with E-state index in [0.717, 1.165) is 6.07 Å². The van der Waals surface area contributed by atoms with Gasteiger partial charge >= 0.3 is 0 Å². The molecule has 84 valence electrons. The smallest absolute Gasteiger partial charge is 0.179 e. The molecule has 0 atom stereocenters. The summed E-state index contributed by atoms with van der Waals surface area (Å²) < 4.78 is 40.9. The van der Waals surface area contributed by atoms with Gasteiger partial charge in [0, 0.05) is 6.54 Å². The summed E-state index contributed by atoms with van der Waals surface area (Å²) in [6.45, 7) is 0.00990.